The van der Waals surface area contributed by atoms with Gasteiger partial charge in [0, 0.05) is 17.7 Å². The van der Waals surface area contributed by atoms with Gasteiger partial charge in [-0.05, 0) is 36.6 Å². The Labute approximate surface area is 150 Å². The number of benzene rings is 1. The van der Waals surface area contributed by atoms with Crippen LogP contribution in [0.4, 0.5) is 22.0 Å². The van der Waals surface area contributed by atoms with Crippen molar-refractivity contribution in [1.82, 2.24) is 14.8 Å². The van der Waals surface area contributed by atoms with Crippen molar-refractivity contribution in [3.8, 4) is 16.9 Å². The topological polar surface area (TPSA) is 39.9 Å². The third-order valence-corrected chi connectivity index (χ3v) is 4.51. The van der Waals surface area contributed by atoms with Crippen LogP contribution in [0.25, 0.3) is 22.2 Å². The molecule has 2 heterocycles. The molecular weight excluding hydrogens is 369 g/mol. The van der Waals surface area contributed by atoms with Gasteiger partial charge >= 0.3 is 6.61 Å². The molecule has 0 spiro atoms. The summed E-state index contributed by atoms with van der Waals surface area (Å²) in [5, 5.41) is 3.99. The average Bonchev–Trinajstić information content (AvgIpc) is 3.41. The van der Waals surface area contributed by atoms with Crippen LogP contribution in [0.15, 0.2) is 36.7 Å². The standard InChI is InChI=1S/C18H14F5N3O/c19-13-4-1-10(6-16(13)27-17(20)21)11-5-15-14(24-7-11)8-25-26(15)9-18(22,23)12-2-3-12/h1,4-8,12,17H,2-3,9H2. The van der Waals surface area contributed by atoms with E-state index in [4.69, 9.17) is 0 Å². The number of halogens is 5. The van der Waals surface area contributed by atoms with E-state index in [1.807, 2.05) is 0 Å². The summed E-state index contributed by atoms with van der Waals surface area (Å²) >= 11 is 0. The Balaban J connectivity index is 1.70. The molecule has 1 aliphatic carbocycles. The average molecular weight is 383 g/mol. The molecule has 0 saturated heterocycles. The summed E-state index contributed by atoms with van der Waals surface area (Å²) in [7, 11) is 0. The lowest BCUT2D eigenvalue weighted by atomic mass is 10.1. The van der Waals surface area contributed by atoms with Crippen molar-refractivity contribution in [2.45, 2.75) is 31.9 Å². The van der Waals surface area contributed by atoms with Crippen molar-refractivity contribution < 1.29 is 26.7 Å². The van der Waals surface area contributed by atoms with E-state index in [1.165, 1.54) is 23.1 Å². The van der Waals surface area contributed by atoms with Crippen molar-refractivity contribution in [1.29, 1.82) is 0 Å². The molecular formula is C18H14F5N3O. The number of hydrogen-bond acceptors (Lipinski definition) is 3. The van der Waals surface area contributed by atoms with Gasteiger partial charge in [-0.1, -0.05) is 6.07 Å². The van der Waals surface area contributed by atoms with Crippen LogP contribution in [-0.2, 0) is 6.54 Å². The first-order valence-corrected chi connectivity index (χ1v) is 8.27. The summed E-state index contributed by atoms with van der Waals surface area (Å²) in [5.74, 6) is -5.01. The fraction of sp³-hybridized carbons (Fsp3) is 0.333. The van der Waals surface area contributed by atoms with E-state index in [1.54, 1.807) is 6.07 Å². The fourth-order valence-corrected chi connectivity index (χ4v) is 2.94. The Morgan fingerprint density at radius 1 is 1.15 bits per heavy atom. The number of aromatic nitrogens is 3. The van der Waals surface area contributed by atoms with Crippen LogP contribution in [0.2, 0.25) is 0 Å². The molecule has 0 N–H and O–H groups in total. The molecule has 0 radical (unpaired) electrons. The van der Waals surface area contributed by atoms with E-state index in [9.17, 15) is 22.0 Å². The number of fused-ring (bicyclic) bond motifs is 1. The Bertz CT molecular complexity index is 984. The van der Waals surface area contributed by atoms with Crippen molar-refractivity contribution >= 4 is 11.0 Å². The smallest absolute Gasteiger partial charge is 0.387 e. The third-order valence-electron chi connectivity index (χ3n) is 4.51. The van der Waals surface area contributed by atoms with Gasteiger partial charge in [-0.3, -0.25) is 9.67 Å². The van der Waals surface area contributed by atoms with Crippen molar-refractivity contribution in [2.24, 2.45) is 5.92 Å². The molecule has 9 heteroatoms. The second-order valence-electron chi connectivity index (χ2n) is 6.49. The summed E-state index contributed by atoms with van der Waals surface area (Å²) in [5.41, 5.74) is 1.62. The van der Waals surface area contributed by atoms with Gasteiger partial charge in [0.15, 0.2) is 11.6 Å². The molecule has 1 aliphatic rings. The zero-order valence-electron chi connectivity index (χ0n) is 13.9. The zero-order chi connectivity index (χ0) is 19.2. The highest BCUT2D eigenvalue weighted by Gasteiger charge is 2.47. The van der Waals surface area contributed by atoms with Crippen LogP contribution in [0, 0.1) is 11.7 Å². The number of pyridine rings is 1. The quantitative estimate of drug-likeness (QED) is 0.570. The van der Waals surface area contributed by atoms with Crippen LogP contribution in [0.5, 0.6) is 5.75 Å². The summed E-state index contributed by atoms with van der Waals surface area (Å²) < 4.78 is 72.0. The Hall–Kier alpha value is -2.71. The molecule has 2 aromatic heterocycles. The second kappa shape index (κ2) is 6.47. The van der Waals surface area contributed by atoms with E-state index < -0.39 is 36.6 Å². The highest BCUT2D eigenvalue weighted by Crippen LogP contribution is 2.44. The highest BCUT2D eigenvalue weighted by atomic mass is 19.3. The minimum absolute atomic E-state index is 0.364. The molecule has 0 bridgehead atoms. The molecule has 0 aliphatic heterocycles. The van der Waals surface area contributed by atoms with E-state index in [-0.39, 0.29) is 0 Å². The zero-order valence-corrected chi connectivity index (χ0v) is 13.9. The molecule has 0 atom stereocenters. The molecule has 4 nitrogen and oxygen atoms in total. The van der Waals surface area contributed by atoms with Gasteiger partial charge in [-0.2, -0.15) is 13.9 Å². The summed E-state index contributed by atoms with van der Waals surface area (Å²) in [4.78, 5) is 4.17. The first-order chi connectivity index (χ1) is 12.8. The molecule has 1 saturated carbocycles. The fourth-order valence-electron chi connectivity index (χ4n) is 2.94. The van der Waals surface area contributed by atoms with Gasteiger partial charge in [0.1, 0.15) is 12.1 Å². The SMILES string of the molecule is Fc1ccc(-c2cnc3cnn(CC(F)(F)C4CC4)c3c2)cc1OC(F)F. The van der Waals surface area contributed by atoms with Gasteiger partial charge < -0.3 is 4.74 Å². The first kappa shape index (κ1) is 17.7. The predicted octanol–water partition coefficient (Wildman–Crippen LogP) is 4.88. The lowest BCUT2D eigenvalue weighted by Crippen LogP contribution is -2.26. The van der Waals surface area contributed by atoms with E-state index in [2.05, 4.69) is 14.8 Å². The minimum Gasteiger partial charge on any atom is -0.432 e. The number of hydrogen-bond donors (Lipinski definition) is 0. The molecule has 0 amide bonds. The maximum absolute atomic E-state index is 14.1. The Kier molecular flexibility index (Phi) is 4.24. The molecule has 27 heavy (non-hydrogen) atoms. The van der Waals surface area contributed by atoms with Crippen molar-refractivity contribution in [3.63, 3.8) is 0 Å². The normalized spacial score (nSPS) is 14.9. The maximum Gasteiger partial charge on any atom is 0.387 e. The van der Waals surface area contributed by atoms with Crippen LogP contribution >= 0.6 is 0 Å². The van der Waals surface area contributed by atoms with Gasteiger partial charge in [0.05, 0.1) is 11.7 Å². The molecule has 3 aromatic rings. The third kappa shape index (κ3) is 3.58. The van der Waals surface area contributed by atoms with Crippen molar-refractivity contribution in [3.05, 3.63) is 42.5 Å². The number of alkyl halides is 4. The number of rotatable bonds is 6. The molecule has 0 unspecified atom stereocenters. The Morgan fingerprint density at radius 3 is 2.63 bits per heavy atom. The highest BCUT2D eigenvalue weighted by molar-refractivity contribution is 5.80. The minimum atomic E-state index is -3.17. The summed E-state index contributed by atoms with van der Waals surface area (Å²) in [6.07, 6.45) is 3.82. The van der Waals surface area contributed by atoms with Crippen LogP contribution in [0.1, 0.15) is 12.8 Å². The van der Waals surface area contributed by atoms with E-state index >= 15 is 0 Å². The van der Waals surface area contributed by atoms with Gasteiger partial charge in [0.2, 0.25) is 0 Å². The number of ether oxygens (including phenoxy) is 1. The van der Waals surface area contributed by atoms with Crippen LogP contribution in [-0.4, -0.2) is 27.3 Å². The van der Waals surface area contributed by atoms with Crippen LogP contribution < -0.4 is 4.74 Å². The molecule has 4 rings (SSSR count). The van der Waals surface area contributed by atoms with Gasteiger partial charge in [-0.25, -0.2) is 13.2 Å². The molecule has 1 fully saturated rings. The maximum atomic E-state index is 14.1. The van der Waals surface area contributed by atoms with E-state index in [0.717, 1.165) is 12.1 Å². The largest absolute Gasteiger partial charge is 0.432 e. The molecule has 142 valence electrons. The lowest BCUT2D eigenvalue weighted by Gasteiger charge is -2.16. The predicted molar refractivity (Wildman–Crippen MR) is 87.2 cm³/mol. The van der Waals surface area contributed by atoms with Crippen molar-refractivity contribution in [2.75, 3.05) is 0 Å². The number of nitrogens with zero attached hydrogens (tertiary/aromatic N) is 3. The molecule has 1 aromatic carbocycles. The first-order valence-electron chi connectivity index (χ1n) is 8.27. The van der Waals surface area contributed by atoms with Gasteiger partial charge in [-0.15, -0.1) is 0 Å². The van der Waals surface area contributed by atoms with Crippen LogP contribution in [0.3, 0.4) is 0 Å². The Morgan fingerprint density at radius 2 is 1.93 bits per heavy atom. The second-order valence-corrected chi connectivity index (χ2v) is 6.49. The van der Waals surface area contributed by atoms with E-state index in [0.29, 0.717) is 35.0 Å². The monoisotopic (exact) mass is 383 g/mol. The van der Waals surface area contributed by atoms with Gasteiger partial charge in [0.25, 0.3) is 5.92 Å². The summed E-state index contributed by atoms with van der Waals surface area (Å²) in [6.45, 7) is -3.73. The summed E-state index contributed by atoms with van der Waals surface area (Å²) in [6, 6.07) is 5.05. The lowest BCUT2D eigenvalue weighted by molar-refractivity contribution is -0.0521.